The smallest absolute Gasteiger partial charge is 0.382 e. The van der Waals surface area contributed by atoms with Crippen LogP contribution >= 0.6 is 0 Å². The first-order valence-corrected chi connectivity index (χ1v) is 9.82. The molecule has 6 nitrogen and oxygen atoms in total. The molecule has 0 saturated carbocycles. The van der Waals surface area contributed by atoms with Crippen molar-refractivity contribution in [3.8, 4) is 5.75 Å². The SMILES string of the molecule is C=CCCOc1ccc(C[C@H]([B]OC=N)C(=O)C[C@@H](CC(C)C)C(=O)OC)cc1. The minimum Gasteiger partial charge on any atom is -0.555 e. The van der Waals surface area contributed by atoms with Crippen LogP contribution in [0.2, 0.25) is 5.82 Å². The van der Waals surface area contributed by atoms with Gasteiger partial charge in [0.15, 0.2) is 0 Å². The predicted octanol–water partition coefficient (Wildman–Crippen LogP) is 4.01. The highest BCUT2D eigenvalue weighted by Crippen LogP contribution is 2.24. The van der Waals surface area contributed by atoms with Crippen LogP contribution in [0.1, 0.15) is 38.7 Å². The molecule has 7 heteroatoms. The van der Waals surface area contributed by atoms with Crippen molar-refractivity contribution in [1.82, 2.24) is 0 Å². The lowest BCUT2D eigenvalue weighted by atomic mass is 9.71. The van der Waals surface area contributed by atoms with Gasteiger partial charge in [-0.1, -0.05) is 32.1 Å². The van der Waals surface area contributed by atoms with E-state index in [0.717, 1.165) is 24.1 Å². The van der Waals surface area contributed by atoms with Gasteiger partial charge < -0.3 is 18.9 Å². The summed E-state index contributed by atoms with van der Waals surface area (Å²) in [5.74, 6) is -0.525. The summed E-state index contributed by atoms with van der Waals surface area (Å²) in [6, 6.07) is 7.50. The fraction of sp³-hybridized carbons (Fsp3) is 0.500. The molecular weight excluding hydrogens is 369 g/mol. The second-order valence-corrected chi connectivity index (χ2v) is 7.29. The predicted molar refractivity (Wildman–Crippen MR) is 114 cm³/mol. The van der Waals surface area contributed by atoms with Crippen LogP contribution in [0.3, 0.4) is 0 Å². The third-order valence-corrected chi connectivity index (χ3v) is 4.43. The molecule has 0 heterocycles. The molecule has 0 aromatic heterocycles. The van der Waals surface area contributed by atoms with Crippen molar-refractivity contribution in [2.75, 3.05) is 13.7 Å². The highest BCUT2D eigenvalue weighted by molar-refractivity contribution is 6.39. The molecule has 0 aliphatic carbocycles. The normalized spacial score (nSPS) is 12.6. The Balaban J connectivity index is 2.81. The molecule has 1 N–H and O–H groups in total. The summed E-state index contributed by atoms with van der Waals surface area (Å²) in [5, 5.41) is 7.07. The molecule has 2 atom stereocenters. The van der Waals surface area contributed by atoms with Crippen LogP contribution in [0, 0.1) is 17.2 Å². The minimum atomic E-state index is -0.566. The summed E-state index contributed by atoms with van der Waals surface area (Å²) in [6.45, 7) is 8.23. The zero-order valence-electron chi connectivity index (χ0n) is 17.6. The number of ether oxygens (including phenoxy) is 2. The van der Waals surface area contributed by atoms with Crippen LogP contribution in [0.25, 0.3) is 0 Å². The maximum Gasteiger partial charge on any atom is 0.382 e. The van der Waals surface area contributed by atoms with Gasteiger partial charge in [-0.15, -0.1) is 6.58 Å². The van der Waals surface area contributed by atoms with Crippen LogP contribution in [0.4, 0.5) is 0 Å². The van der Waals surface area contributed by atoms with Crippen LogP contribution in [0.15, 0.2) is 36.9 Å². The number of methoxy groups -OCH3 is 1. The van der Waals surface area contributed by atoms with E-state index in [1.807, 2.05) is 38.1 Å². The van der Waals surface area contributed by atoms with Crippen molar-refractivity contribution in [2.45, 2.75) is 45.3 Å². The number of carbonyl (C=O) groups excluding carboxylic acids is 2. The molecule has 0 aliphatic heterocycles. The first-order chi connectivity index (χ1) is 13.9. The molecule has 0 saturated heterocycles. The van der Waals surface area contributed by atoms with Crippen molar-refractivity contribution >= 4 is 25.6 Å². The maximum atomic E-state index is 12.9. The quantitative estimate of drug-likeness (QED) is 0.120. The monoisotopic (exact) mass is 400 g/mol. The Morgan fingerprint density at radius 2 is 1.93 bits per heavy atom. The van der Waals surface area contributed by atoms with Crippen molar-refractivity contribution in [2.24, 2.45) is 11.8 Å². The zero-order chi connectivity index (χ0) is 21.6. The number of carbonyl (C=O) groups is 2. The molecule has 0 amide bonds. The second-order valence-electron chi connectivity index (χ2n) is 7.29. The van der Waals surface area contributed by atoms with Crippen molar-refractivity contribution in [1.29, 1.82) is 5.41 Å². The molecule has 1 radical (unpaired) electrons. The van der Waals surface area contributed by atoms with Gasteiger partial charge in [0.1, 0.15) is 17.9 Å². The molecule has 1 rings (SSSR count). The second kappa shape index (κ2) is 13.6. The molecular formula is C22H31BNO5. The first kappa shape index (κ1) is 24.5. The zero-order valence-corrected chi connectivity index (χ0v) is 17.6. The van der Waals surface area contributed by atoms with E-state index in [2.05, 4.69) is 6.58 Å². The van der Waals surface area contributed by atoms with Gasteiger partial charge in [-0.2, -0.15) is 0 Å². The summed E-state index contributed by atoms with van der Waals surface area (Å²) in [5.41, 5.74) is 0.933. The summed E-state index contributed by atoms with van der Waals surface area (Å²) < 4.78 is 15.4. The average Bonchev–Trinajstić information content (AvgIpc) is 2.70. The van der Waals surface area contributed by atoms with E-state index in [1.165, 1.54) is 14.6 Å². The number of Topliss-reactive ketones (excluding diaryl/α,β-unsaturated/α-hetero) is 1. The van der Waals surface area contributed by atoms with E-state index >= 15 is 0 Å². The third kappa shape index (κ3) is 9.46. The van der Waals surface area contributed by atoms with Crippen LogP contribution in [0.5, 0.6) is 5.75 Å². The average molecular weight is 400 g/mol. The minimum absolute atomic E-state index is 0.0795. The molecule has 0 spiro atoms. The Bertz CT molecular complexity index is 660. The van der Waals surface area contributed by atoms with E-state index in [0.29, 0.717) is 19.4 Å². The first-order valence-electron chi connectivity index (χ1n) is 9.82. The van der Waals surface area contributed by atoms with Gasteiger partial charge in [-0.25, -0.2) is 0 Å². The molecule has 0 aliphatic rings. The Morgan fingerprint density at radius 1 is 1.24 bits per heavy atom. The van der Waals surface area contributed by atoms with E-state index < -0.39 is 11.7 Å². The Labute approximate surface area is 174 Å². The summed E-state index contributed by atoms with van der Waals surface area (Å²) in [6.07, 6.45) is 4.41. The number of nitrogens with one attached hydrogen (secondary N) is 1. The molecule has 1 aromatic rings. The Hall–Kier alpha value is -2.57. The Kier molecular flexibility index (Phi) is 11.5. The van der Waals surface area contributed by atoms with E-state index in [1.54, 1.807) is 6.08 Å². The van der Waals surface area contributed by atoms with Gasteiger partial charge in [0, 0.05) is 12.2 Å². The number of esters is 1. The topological polar surface area (TPSA) is 85.7 Å². The number of hydrogen-bond acceptors (Lipinski definition) is 6. The van der Waals surface area contributed by atoms with Crippen LogP contribution < -0.4 is 4.74 Å². The lowest BCUT2D eigenvalue weighted by molar-refractivity contribution is -0.147. The maximum absolute atomic E-state index is 12.9. The molecule has 0 unspecified atom stereocenters. The van der Waals surface area contributed by atoms with Gasteiger partial charge in [-0.3, -0.25) is 10.2 Å². The fourth-order valence-electron chi connectivity index (χ4n) is 3.00. The lowest BCUT2D eigenvalue weighted by Gasteiger charge is -2.19. The lowest BCUT2D eigenvalue weighted by Crippen LogP contribution is -2.27. The Morgan fingerprint density at radius 3 is 2.48 bits per heavy atom. The summed E-state index contributed by atoms with van der Waals surface area (Å²) >= 11 is 0. The van der Waals surface area contributed by atoms with Crippen molar-refractivity contribution in [3.63, 3.8) is 0 Å². The summed E-state index contributed by atoms with van der Waals surface area (Å²) in [4.78, 5) is 24.9. The van der Waals surface area contributed by atoms with Gasteiger partial charge >= 0.3 is 13.5 Å². The largest absolute Gasteiger partial charge is 0.555 e. The van der Waals surface area contributed by atoms with E-state index in [4.69, 9.17) is 19.5 Å². The fourth-order valence-corrected chi connectivity index (χ4v) is 3.00. The van der Waals surface area contributed by atoms with Crippen LogP contribution in [-0.4, -0.2) is 39.4 Å². The highest BCUT2D eigenvalue weighted by atomic mass is 16.5. The molecule has 157 valence electrons. The standard InChI is InChI=1S/C22H31BNO5/c1-5-6-11-28-19-9-7-17(8-10-19)13-20(23-29-15-24)21(25)14-18(12-16(2)3)22(26)27-4/h5,7-10,15-16,18,20,24H,1,6,11-14H2,2-4H3/t18-,20+/m1/s1. The van der Waals surface area contributed by atoms with Crippen molar-refractivity contribution in [3.05, 3.63) is 42.5 Å². The van der Waals surface area contributed by atoms with Gasteiger partial charge in [-0.05, 0) is 42.9 Å². The van der Waals surface area contributed by atoms with E-state index in [9.17, 15) is 9.59 Å². The number of hydrogen-bond donors (Lipinski definition) is 1. The van der Waals surface area contributed by atoms with Crippen LogP contribution in [-0.2, 0) is 25.4 Å². The van der Waals surface area contributed by atoms with E-state index in [-0.39, 0.29) is 24.1 Å². The molecule has 0 bridgehead atoms. The van der Waals surface area contributed by atoms with Gasteiger partial charge in [0.2, 0.25) is 0 Å². The summed E-state index contributed by atoms with van der Waals surface area (Å²) in [7, 11) is 2.69. The highest BCUT2D eigenvalue weighted by Gasteiger charge is 2.29. The third-order valence-electron chi connectivity index (χ3n) is 4.43. The van der Waals surface area contributed by atoms with Crippen molar-refractivity contribution < 1.29 is 23.7 Å². The number of rotatable bonds is 15. The van der Waals surface area contributed by atoms with Gasteiger partial charge in [0.25, 0.3) is 0 Å². The molecule has 29 heavy (non-hydrogen) atoms. The molecule has 0 fully saturated rings. The number of benzene rings is 1. The molecule has 1 aromatic carbocycles. The number of ketones is 1. The van der Waals surface area contributed by atoms with Gasteiger partial charge in [0.05, 0.1) is 19.6 Å².